The average molecular weight is 249 g/mol. The number of hydrogen-bond acceptors (Lipinski definition) is 3. The summed E-state index contributed by atoms with van der Waals surface area (Å²) in [5, 5.41) is 8.80. The molecule has 0 amide bonds. The number of carbonyl (C=O) groups is 1. The van der Waals surface area contributed by atoms with E-state index >= 15 is 0 Å². The van der Waals surface area contributed by atoms with Crippen molar-refractivity contribution in [2.24, 2.45) is 0 Å². The summed E-state index contributed by atoms with van der Waals surface area (Å²) in [6, 6.07) is 7.63. The lowest BCUT2D eigenvalue weighted by molar-refractivity contribution is 0.0691. The summed E-state index contributed by atoms with van der Waals surface area (Å²) in [7, 11) is 0. The van der Waals surface area contributed by atoms with Gasteiger partial charge in [0.1, 0.15) is 5.82 Å². The largest absolute Gasteiger partial charge is 0.478 e. The molecule has 2 rings (SSSR count). The Labute approximate surface area is 101 Å². The normalized spacial score (nSPS) is 10.2. The SMILES string of the molecule is O=C(O)c1cc(Sc2ccncc2)ccc1F. The minimum absolute atomic E-state index is 0.316. The van der Waals surface area contributed by atoms with E-state index in [9.17, 15) is 9.18 Å². The van der Waals surface area contributed by atoms with Gasteiger partial charge in [-0.2, -0.15) is 0 Å². The predicted molar refractivity (Wildman–Crippen MR) is 61.7 cm³/mol. The molecule has 1 aromatic carbocycles. The molecule has 1 aromatic heterocycles. The van der Waals surface area contributed by atoms with E-state index in [0.29, 0.717) is 4.90 Å². The maximum Gasteiger partial charge on any atom is 0.338 e. The summed E-state index contributed by atoms with van der Waals surface area (Å²) in [4.78, 5) is 16.2. The van der Waals surface area contributed by atoms with Gasteiger partial charge in [-0.25, -0.2) is 9.18 Å². The third-order valence-electron chi connectivity index (χ3n) is 2.05. The first-order chi connectivity index (χ1) is 8.16. The van der Waals surface area contributed by atoms with Crippen molar-refractivity contribution in [3.8, 4) is 0 Å². The molecular weight excluding hydrogens is 241 g/mol. The van der Waals surface area contributed by atoms with Gasteiger partial charge in [-0.15, -0.1) is 0 Å². The van der Waals surface area contributed by atoms with Gasteiger partial charge in [-0.05, 0) is 30.3 Å². The summed E-state index contributed by atoms with van der Waals surface area (Å²) in [6.07, 6.45) is 3.29. The predicted octanol–water partition coefficient (Wildman–Crippen LogP) is 3.07. The minimum atomic E-state index is -1.26. The number of carboxylic acid groups (broad SMARTS) is 1. The number of rotatable bonds is 3. The number of aromatic carboxylic acids is 1. The lowest BCUT2D eigenvalue weighted by Crippen LogP contribution is -2.00. The van der Waals surface area contributed by atoms with E-state index in [2.05, 4.69) is 4.98 Å². The zero-order valence-electron chi connectivity index (χ0n) is 8.63. The van der Waals surface area contributed by atoms with Gasteiger partial charge in [-0.3, -0.25) is 4.98 Å². The van der Waals surface area contributed by atoms with Crippen molar-refractivity contribution in [1.29, 1.82) is 0 Å². The second-order valence-electron chi connectivity index (χ2n) is 3.23. The van der Waals surface area contributed by atoms with E-state index in [0.717, 1.165) is 11.0 Å². The second kappa shape index (κ2) is 4.97. The minimum Gasteiger partial charge on any atom is -0.478 e. The van der Waals surface area contributed by atoms with E-state index in [-0.39, 0.29) is 5.56 Å². The summed E-state index contributed by atoms with van der Waals surface area (Å²) in [5.74, 6) is -1.99. The molecule has 5 heteroatoms. The van der Waals surface area contributed by atoms with Crippen LogP contribution in [0.15, 0.2) is 52.5 Å². The maximum atomic E-state index is 13.2. The van der Waals surface area contributed by atoms with Crippen molar-refractivity contribution in [2.45, 2.75) is 9.79 Å². The molecule has 2 aromatic rings. The van der Waals surface area contributed by atoms with E-state index < -0.39 is 11.8 Å². The number of pyridine rings is 1. The van der Waals surface area contributed by atoms with Crippen LogP contribution in [0.1, 0.15) is 10.4 Å². The van der Waals surface area contributed by atoms with Crippen LogP contribution in [0.5, 0.6) is 0 Å². The Hall–Kier alpha value is -1.88. The quantitative estimate of drug-likeness (QED) is 0.908. The van der Waals surface area contributed by atoms with Crippen molar-refractivity contribution >= 4 is 17.7 Å². The number of hydrogen-bond donors (Lipinski definition) is 1. The van der Waals surface area contributed by atoms with Gasteiger partial charge in [0.2, 0.25) is 0 Å². The number of nitrogens with zero attached hydrogens (tertiary/aromatic N) is 1. The number of aromatic nitrogens is 1. The number of carboxylic acids is 1. The van der Waals surface area contributed by atoms with Crippen LogP contribution < -0.4 is 0 Å². The highest BCUT2D eigenvalue weighted by Crippen LogP contribution is 2.28. The van der Waals surface area contributed by atoms with Gasteiger partial charge >= 0.3 is 5.97 Å². The van der Waals surface area contributed by atoms with Gasteiger partial charge in [0, 0.05) is 22.2 Å². The molecule has 0 radical (unpaired) electrons. The molecule has 1 heterocycles. The molecule has 0 saturated carbocycles. The third-order valence-corrected chi connectivity index (χ3v) is 3.05. The first kappa shape index (κ1) is 11.6. The van der Waals surface area contributed by atoms with E-state index in [4.69, 9.17) is 5.11 Å². The van der Waals surface area contributed by atoms with Crippen molar-refractivity contribution in [1.82, 2.24) is 4.98 Å². The molecule has 0 atom stereocenters. The van der Waals surface area contributed by atoms with Gasteiger partial charge in [-0.1, -0.05) is 11.8 Å². The Bertz CT molecular complexity index is 545. The summed E-state index contributed by atoms with van der Waals surface area (Å²) in [6.45, 7) is 0. The lowest BCUT2D eigenvalue weighted by Gasteiger charge is -2.03. The van der Waals surface area contributed by atoms with E-state index in [1.165, 1.54) is 17.8 Å². The fourth-order valence-electron chi connectivity index (χ4n) is 1.27. The Kier molecular flexibility index (Phi) is 3.39. The topological polar surface area (TPSA) is 50.2 Å². The van der Waals surface area contributed by atoms with E-state index in [1.54, 1.807) is 30.6 Å². The van der Waals surface area contributed by atoms with Crippen molar-refractivity contribution in [2.75, 3.05) is 0 Å². The average Bonchev–Trinajstić information content (AvgIpc) is 2.32. The molecule has 0 spiro atoms. The molecular formula is C12H8FNO2S. The van der Waals surface area contributed by atoms with Gasteiger partial charge in [0.05, 0.1) is 5.56 Å². The van der Waals surface area contributed by atoms with Crippen LogP contribution in [0, 0.1) is 5.82 Å². The van der Waals surface area contributed by atoms with Crippen LogP contribution in [0.4, 0.5) is 4.39 Å². The fraction of sp³-hybridized carbons (Fsp3) is 0. The van der Waals surface area contributed by atoms with Gasteiger partial charge in [0.15, 0.2) is 0 Å². The molecule has 0 unspecified atom stereocenters. The smallest absolute Gasteiger partial charge is 0.338 e. The maximum absolute atomic E-state index is 13.2. The summed E-state index contributed by atoms with van der Waals surface area (Å²) in [5.41, 5.74) is -0.316. The van der Waals surface area contributed by atoms with Crippen LogP contribution in [0.3, 0.4) is 0 Å². The Morgan fingerprint density at radius 2 is 1.88 bits per heavy atom. The Morgan fingerprint density at radius 1 is 1.18 bits per heavy atom. The molecule has 1 N–H and O–H groups in total. The second-order valence-corrected chi connectivity index (χ2v) is 4.38. The molecule has 0 bridgehead atoms. The highest BCUT2D eigenvalue weighted by Gasteiger charge is 2.11. The number of halogens is 1. The molecule has 0 fully saturated rings. The first-order valence-corrected chi connectivity index (χ1v) is 5.59. The summed E-state index contributed by atoms with van der Waals surface area (Å²) >= 11 is 1.36. The van der Waals surface area contributed by atoms with Crippen LogP contribution >= 0.6 is 11.8 Å². The molecule has 0 aliphatic carbocycles. The standard InChI is InChI=1S/C12H8FNO2S/c13-11-2-1-9(7-10(11)12(15)16)17-8-3-5-14-6-4-8/h1-7H,(H,15,16). The molecule has 86 valence electrons. The van der Waals surface area contributed by atoms with Crippen LogP contribution in [0.25, 0.3) is 0 Å². The molecule has 0 aliphatic heterocycles. The van der Waals surface area contributed by atoms with Crippen LogP contribution in [-0.4, -0.2) is 16.1 Å². The van der Waals surface area contributed by atoms with Gasteiger partial charge in [0.25, 0.3) is 0 Å². The lowest BCUT2D eigenvalue weighted by atomic mass is 10.2. The van der Waals surface area contributed by atoms with Crippen molar-refractivity contribution in [3.63, 3.8) is 0 Å². The fourth-order valence-corrected chi connectivity index (χ4v) is 2.12. The zero-order chi connectivity index (χ0) is 12.3. The van der Waals surface area contributed by atoms with Crippen molar-refractivity contribution in [3.05, 3.63) is 54.1 Å². The highest BCUT2D eigenvalue weighted by atomic mass is 32.2. The van der Waals surface area contributed by atoms with Crippen LogP contribution in [0.2, 0.25) is 0 Å². The Balaban J connectivity index is 2.29. The molecule has 0 saturated heterocycles. The first-order valence-electron chi connectivity index (χ1n) is 4.77. The van der Waals surface area contributed by atoms with Gasteiger partial charge < -0.3 is 5.11 Å². The molecule has 3 nitrogen and oxygen atoms in total. The monoisotopic (exact) mass is 249 g/mol. The Morgan fingerprint density at radius 3 is 2.53 bits per heavy atom. The number of benzene rings is 1. The zero-order valence-corrected chi connectivity index (χ0v) is 9.45. The molecule has 17 heavy (non-hydrogen) atoms. The molecule has 0 aliphatic rings. The van der Waals surface area contributed by atoms with E-state index in [1.807, 2.05) is 0 Å². The van der Waals surface area contributed by atoms with Crippen molar-refractivity contribution < 1.29 is 14.3 Å². The summed E-state index contributed by atoms with van der Waals surface area (Å²) < 4.78 is 13.2. The third kappa shape index (κ3) is 2.82. The highest BCUT2D eigenvalue weighted by molar-refractivity contribution is 7.99. The van der Waals surface area contributed by atoms with Crippen LogP contribution in [-0.2, 0) is 0 Å².